The van der Waals surface area contributed by atoms with Crippen LogP contribution in [0.1, 0.15) is 26.3 Å². The van der Waals surface area contributed by atoms with Gasteiger partial charge in [-0.3, -0.25) is 4.79 Å². The minimum absolute atomic E-state index is 0.0294. The number of rotatable bonds is 3. The molecular weight excluding hydrogens is 292 g/mol. The molecule has 0 saturated carbocycles. The second-order valence-corrected chi connectivity index (χ2v) is 6.48. The van der Waals surface area contributed by atoms with Gasteiger partial charge in [0.2, 0.25) is 5.91 Å². The van der Waals surface area contributed by atoms with Gasteiger partial charge in [-0.25, -0.2) is 0 Å². The largest absolute Gasteiger partial charge is 0.340 e. The maximum absolute atomic E-state index is 12.2. The van der Waals surface area contributed by atoms with Crippen molar-refractivity contribution >= 4 is 21.8 Å². The molecule has 2 N–H and O–H groups in total. The molecule has 0 heterocycles. The third kappa shape index (κ3) is 3.82. The fourth-order valence-corrected chi connectivity index (χ4v) is 1.98. The predicted octanol–water partition coefficient (Wildman–Crippen LogP) is 2.78. The monoisotopic (exact) mass is 312 g/mol. The number of halogens is 1. The predicted molar refractivity (Wildman–Crippen MR) is 78.0 cm³/mol. The Morgan fingerprint density at radius 3 is 2.44 bits per heavy atom. The lowest BCUT2D eigenvalue weighted by molar-refractivity contribution is -0.134. The van der Waals surface area contributed by atoms with Gasteiger partial charge in [0, 0.05) is 18.1 Å². The molecule has 0 fully saturated rings. The summed E-state index contributed by atoms with van der Waals surface area (Å²) in [5.74, 6) is -0.0294. The van der Waals surface area contributed by atoms with Crippen molar-refractivity contribution in [3.63, 3.8) is 0 Å². The first-order valence-electron chi connectivity index (χ1n) is 5.97. The molecule has 0 bridgehead atoms. The minimum atomic E-state index is -0.481. The summed E-state index contributed by atoms with van der Waals surface area (Å²) in [6, 6.07) is 7.40. The summed E-state index contributed by atoms with van der Waals surface area (Å²) in [4.78, 5) is 13.9. The van der Waals surface area contributed by atoms with E-state index >= 15 is 0 Å². The van der Waals surface area contributed by atoms with Gasteiger partial charge >= 0.3 is 0 Å². The van der Waals surface area contributed by atoms with Crippen LogP contribution in [0.3, 0.4) is 0 Å². The fraction of sp³-hybridized carbons (Fsp3) is 0.500. The highest BCUT2D eigenvalue weighted by Gasteiger charge is 2.29. The zero-order valence-corrected chi connectivity index (χ0v) is 13.0. The van der Waals surface area contributed by atoms with Crippen LogP contribution < -0.4 is 5.73 Å². The molecule has 0 aliphatic heterocycles. The van der Waals surface area contributed by atoms with Crippen molar-refractivity contribution in [3.8, 4) is 0 Å². The van der Waals surface area contributed by atoms with Crippen molar-refractivity contribution in [3.05, 3.63) is 34.3 Å². The van der Waals surface area contributed by atoms with Gasteiger partial charge in [0.1, 0.15) is 0 Å². The molecule has 0 spiro atoms. The number of likely N-dealkylation sites (N-methyl/N-ethyl adjacent to an activating group) is 1. The standard InChI is InChI=1S/C14H21BrN2O/c1-14(2,3)12(16)13(18)17(4)9-10-7-5-6-8-11(10)15/h5-8,12H,9,16H2,1-4H3. The molecule has 1 rings (SSSR count). The number of carbonyl (C=O) groups excluding carboxylic acids is 1. The molecule has 100 valence electrons. The van der Waals surface area contributed by atoms with E-state index in [1.54, 1.807) is 11.9 Å². The second-order valence-electron chi connectivity index (χ2n) is 5.63. The smallest absolute Gasteiger partial charge is 0.240 e. The van der Waals surface area contributed by atoms with Crippen LogP contribution in [0.5, 0.6) is 0 Å². The van der Waals surface area contributed by atoms with Crippen LogP contribution in [0, 0.1) is 5.41 Å². The van der Waals surface area contributed by atoms with E-state index < -0.39 is 6.04 Å². The third-order valence-electron chi connectivity index (χ3n) is 2.94. The van der Waals surface area contributed by atoms with E-state index in [1.807, 2.05) is 45.0 Å². The van der Waals surface area contributed by atoms with Gasteiger partial charge in [0.05, 0.1) is 6.04 Å². The highest BCUT2D eigenvalue weighted by atomic mass is 79.9. The third-order valence-corrected chi connectivity index (χ3v) is 3.71. The molecule has 1 unspecified atom stereocenters. The second kappa shape index (κ2) is 5.85. The van der Waals surface area contributed by atoms with Crippen LogP contribution in [-0.2, 0) is 11.3 Å². The normalized spacial score (nSPS) is 13.2. The quantitative estimate of drug-likeness (QED) is 0.933. The molecule has 0 aliphatic rings. The summed E-state index contributed by atoms with van der Waals surface area (Å²) < 4.78 is 1.01. The SMILES string of the molecule is CN(Cc1ccccc1Br)C(=O)C(N)C(C)(C)C. The molecule has 0 aliphatic carbocycles. The van der Waals surface area contributed by atoms with Gasteiger partial charge in [0.25, 0.3) is 0 Å². The van der Waals surface area contributed by atoms with Crippen LogP contribution in [0.15, 0.2) is 28.7 Å². The molecule has 3 nitrogen and oxygen atoms in total. The molecule has 1 atom stereocenters. The van der Waals surface area contributed by atoms with Crippen LogP contribution in [0.25, 0.3) is 0 Å². The van der Waals surface area contributed by atoms with Crippen molar-refractivity contribution in [2.24, 2.45) is 11.1 Å². The molecule has 0 saturated heterocycles. The summed E-state index contributed by atoms with van der Waals surface area (Å²) >= 11 is 3.48. The van der Waals surface area contributed by atoms with Crippen molar-refractivity contribution in [1.29, 1.82) is 0 Å². The first kappa shape index (κ1) is 15.2. The summed E-state index contributed by atoms with van der Waals surface area (Å²) in [6.07, 6.45) is 0. The fourth-order valence-electron chi connectivity index (χ4n) is 1.57. The van der Waals surface area contributed by atoms with E-state index in [9.17, 15) is 4.79 Å². The van der Waals surface area contributed by atoms with E-state index in [2.05, 4.69) is 15.9 Å². The first-order valence-corrected chi connectivity index (χ1v) is 6.76. The summed E-state index contributed by atoms with van der Waals surface area (Å²) in [5.41, 5.74) is 6.84. The van der Waals surface area contributed by atoms with E-state index in [0.717, 1.165) is 10.0 Å². The Labute approximate surface area is 117 Å². The lowest BCUT2D eigenvalue weighted by Crippen LogP contribution is -2.48. The molecule has 1 amide bonds. The topological polar surface area (TPSA) is 46.3 Å². The Balaban J connectivity index is 2.75. The summed E-state index contributed by atoms with van der Waals surface area (Å²) in [6.45, 7) is 6.48. The van der Waals surface area contributed by atoms with Gasteiger partial charge in [-0.15, -0.1) is 0 Å². The highest BCUT2D eigenvalue weighted by molar-refractivity contribution is 9.10. The number of amides is 1. The molecule has 18 heavy (non-hydrogen) atoms. The molecule has 1 aromatic rings. The van der Waals surface area contributed by atoms with E-state index in [1.165, 1.54) is 0 Å². The van der Waals surface area contributed by atoms with Crippen LogP contribution in [-0.4, -0.2) is 23.9 Å². The number of hydrogen-bond acceptors (Lipinski definition) is 2. The molecule has 1 aromatic carbocycles. The number of nitrogens with two attached hydrogens (primary N) is 1. The zero-order valence-electron chi connectivity index (χ0n) is 11.4. The Kier molecular flexibility index (Phi) is 4.93. The van der Waals surface area contributed by atoms with Crippen LogP contribution in [0.4, 0.5) is 0 Å². The maximum atomic E-state index is 12.2. The maximum Gasteiger partial charge on any atom is 0.240 e. The average molecular weight is 313 g/mol. The summed E-state index contributed by atoms with van der Waals surface area (Å²) in [5, 5.41) is 0. The molecule has 0 aromatic heterocycles. The van der Waals surface area contributed by atoms with Crippen molar-refractivity contribution < 1.29 is 4.79 Å². The molecular formula is C14H21BrN2O. The Morgan fingerprint density at radius 1 is 1.39 bits per heavy atom. The average Bonchev–Trinajstić information content (AvgIpc) is 2.29. The lowest BCUT2D eigenvalue weighted by atomic mass is 9.86. The Hall–Kier alpha value is -0.870. The number of carbonyl (C=O) groups is 1. The highest BCUT2D eigenvalue weighted by Crippen LogP contribution is 2.21. The van der Waals surface area contributed by atoms with Crippen molar-refractivity contribution in [1.82, 2.24) is 4.90 Å². The van der Waals surface area contributed by atoms with Gasteiger partial charge in [0.15, 0.2) is 0 Å². The van der Waals surface area contributed by atoms with Crippen molar-refractivity contribution in [2.45, 2.75) is 33.4 Å². The van der Waals surface area contributed by atoms with E-state index in [0.29, 0.717) is 6.54 Å². The van der Waals surface area contributed by atoms with Crippen LogP contribution in [0.2, 0.25) is 0 Å². The summed E-state index contributed by atoms with van der Waals surface area (Å²) in [7, 11) is 1.79. The number of hydrogen-bond donors (Lipinski definition) is 1. The Bertz CT molecular complexity index is 426. The lowest BCUT2D eigenvalue weighted by Gasteiger charge is -2.30. The van der Waals surface area contributed by atoms with Gasteiger partial charge < -0.3 is 10.6 Å². The van der Waals surface area contributed by atoms with Gasteiger partial charge in [-0.05, 0) is 17.0 Å². The number of nitrogens with zero attached hydrogens (tertiary/aromatic N) is 1. The van der Waals surface area contributed by atoms with Gasteiger partial charge in [-0.1, -0.05) is 54.9 Å². The first-order chi connectivity index (χ1) is 8.23. The number of benzene rings is 1. The van der Waals surface area contributed by atoms with E-state index in [-0.39, 0.29) is 11.3 Å². The molecule has 0 radical (unpaired) electrons. The zero-order chi connectivity index (χ0) is 13.9. The minimum Gasteiger partial charge on any atom is -0.340 e. The van der Waals surface area contributed by atoms with Crippen LogP contribution >= 0.6 is 15.9 Å². The van der Waals surface area contributed by atoms with E-state index in [4.69, 9.17) is 5.73 Å². The van der Waals surface area contributed by atoms with Gasteiger partial charge in [-0.2, -0.15) is 0 Å². The van der Waals surface area contributed by atoms with Crippen molar-refractivity contribution in [2.75, 3.05) is 7.05 Å². The Morgan fingerprint density at radius 2 is 1.94 bits per heavy atom. The molecule has 4 heteroatoms.